The number of Topliss-reactive ketones (excluding diaryl/α,β-unsaturated/α-hetero) is 1. The molecule has 0 spiro atoms. The number of ether oxygens (including phenoxy) is 11. The molecule has 22 nitrogen and oxygen atoms in total. The summed E-state index contributed by atoms with van der Waals surface area (Å²) in [5.41, 5.74) is 15.4. The average Bonchev–Trinajstić information content (AvgIpc) is 0.766. The molecule has 0 bridgehead atoms. The molecule has 7 aromatic rings. The Balaban J connectivity index is 1.02. The Hall–Kier alpha value is -9.39. The third kappa shape index (κ3) is 23.1. The highest BCUT2D eigenvalue weighted by atomic mass is 28.4. The highest BCUT2D eigenvalue weighted by molar-refractivity contribution is 6.74. The summed E-state index contributed by atoms with van der Waals surface area (Å²) in [4.78, 5) is 86.3. The van der Waals surface area contributed by atoms with Crippen LogP contribution < -0.4 is 0 Å². The van der Waals surface area contributed by atoms with Crippen molar-refractivity contribution < 1.29 is 85.3 Å². The minimum atomic E-state index is -2.75. The van der Waals surface area contributed by atoms with Gasteiger partial charge < -0.3 is 66.2 Å². The van der Waals surface area contributed by atoms with E-state index < -0.39 is 106 Å². The minimum Gasteiger partial charge on any atom is -0.459 e. The van der Waals surface area contributed by atoms with Crippen LogP contribution in [0.25, 0.3) is 10.4 Å². The second-order valence-electron chi connectivity index (χ2n) is 27.1. The van der Waals surface area contributed by atoms with Gasteiger partial charge in [0.05, 0.1) is 42.9 Å². The fraction of sp³-hybridized carbons (Fsp3) is 0.407. The van der Waals surface area contributed by atoms with Gasteiger partial charge in [-0.15, -0.1) is 0 Å². The molecular formula is C81H94N4O18Si. The molecule has 2 aliphatic rings. The first-order valence-electron chi connectivity index (χ1n) is 35.3. The Kier molecular flexibility index (Phi) is 29.9. The summed E-state index contributed by atoms with van der Waals surface area (Å²) in [5.74, 6) is -2.78. The zero-order chi connectivity index (χ0) is 73.9. The Labute approximate surface area is 609 Å². The SMILES string of the molecule is CC(=O)CCC(=O)O[C@H]1[C@H](OCc2ccccc2)[C@@H](N=[N+]=[N-])[C@@H](O[C@H]2[C@H](OCc3ccccc3)[C@@H](OC(=O)c3ccccc3)[C@H](OCCCCCN(Cc3ccccc3)C(=O)OCc3ccc(COC(=O)c4ccccc4)cc3)O[C@H]2CO[Si](C)(C)C(C)(C)C(C)C)O[C@@H]1COC(=O)c1ccccc1. The quantitative estimate of drug-likeness (QED) is 0.00666. The predicted molar refractivity (Wildman–Crippen MR) is 388 cm³/mol. The molecule has 1 amide bonds. The molecule has 9 rings (SSSR count). The van der Waals surface area contributed by atoms with Crippen LogP contribution in [0.1, 0.15) is 126 Å². The van der Waals surface area contributed by atoms with Gasteiger partial charge in [0.2, 0.25) is 0 Å². The Morgan fingerprint density at radius 2 is 0.990 bits per heavy atom. The number of ketones is 1. The molecular weight excluding hydrogens is 1340 g/mol. The lowest BCUT2D eigenvalue weighted by Gasteiger charge is -2.50. The summed E-state index contributed by atoms with van der Waals surface area (Å²) in [6.45, 7) is 14.1. The van der Waals surface area contributed by atoms with Gasteiger partial charge in [0.25, 0.3) is 0 Å². The van der Waals surface area contributed by atoms with Crippen molar-refractivity contribution >= 4 is 44.1 Å². The lowest BCUT2D eigenvalue weighted by molar-refractivity contribution is -0.351. The monoisotopic (exact) mass is 1440 g/mol. The highest BCUT2D eigenvalue weighted by Crippen LogP contribution is 2.45. The summed E-state index contributed by atoms with van der Waals surface area (Å²) >= 11 is 0. The topological polar surface area (TPSA) is 265 Å². The number of azide groups is 1. The van der Waals surface area contributed by atoms with Gasteiger partial charge in [-0.3, -0.25) is 4.79 Å². The van der Waals surface area contributed by atoms with E-state index in [0.717, 1.165) is 22.3 Å². The number of hydrogen-bond donors (Lipinski definition) is 0. The summed E-state index contributed by atoms with van der Waals surface area (Å²) < 4.78 is 79.3. The van der Waals surface area contributed by atoms with Crippen LogP contribution in [0, 0.1) is 5.92 Å². The van der Waals surface area contributed by atoms with Gasteiger partial charge >= 0.3 is 30.0 Å². The zero-order valence-corrected chi connectivity index (χ0v) is 61.0. The Morgan fingerprint density at radius 1 is 0.510 bits per heavy atom. The van der Waals surface area contributed by atoms with Gasteiger partial charge in [-0.2, -0.15) is 0 Å². The fourth-order valence-corrected chi connectivity index (χ4v) is 14.1. The van der Waals surface area contributed by atoms with E-state index >= 15 is 0 Å². The van der Waals surface area contributed by atoms with Crippen molar-refractivity contribution in [3.05, 3.63) is 261 Å². The van der Waals surface area contributed by atoms with E-state index in [-0.39, 0.29) is 86.9 Å². The summed E-state index contributed by atoms with van der Waals surface area (Å²) in [6.07, 6.45) is -11.9. The van der Waals surface area contributed by atoms with Gasteiger partial charge in [0, 0.05) is 31.0 Å². The van der Waals surface area contributed by atoms with E-state index in [1.165, 1.54) is 6.92 Å². The number of rotatable bonds is 37. The number of unbranched alkanes of at least 4 members (excludes halogenated alkanes) is 2. The molecule has 104 heavy (non-hydrogen) atoms. The third-order valence-corrected chi connectivity index (χ3v) is 23.6. The molecule has 2 saturated heterocycles. The maximum Gasteiger partial charge on any atom is 0.410 e. The summed E-state index contributed by atoms with van der Waals surface area (Å²) in [7, 11) is -2.75. The van der Waals surface area contributed by atoms with E-state index in [0.29, 0.717) is 36.9 Å². The second-order valence-corrected chi connectivity index (χ2v) is 31.7. The van der Waals surface area contributed by atoms with Crippen LogP contribution in [0.5, 0.6) is 0 Å². The molecule has 2 fully saturated rings. The second kappa shape index (κ2) is 39.5. The van der Waals surface area contributed by atoms with Gasteiger partial charge in [-0.25, -0.2) is 19.2 Å². The van der Waals surface area contributed by atoms with E-state index in [2.05, 4.69) is 50.8 Å². The van der Waals surface area contributed by atoms with Gasteiger partial charge in [0.15, 0.2) is 33.1 Å². The van der Waals surface area contributed by atoms with Crippen molar-refractivity contribution in [1.82, 2.24) is 4.90 Å². The van der Waals surface area contributed by atoms with Crippen molar-refractivity contribution in [2.24, 2.45) is 11.0 Å². The zero-order valence-electron chi connectivity index (χ0n) is 60.0. The maximum atomic E-state index is 14.7. The van der Waals surface area contributed by atoms with Crippen molar-refractivity contribution in [3.63, 3.8) is 0 Å². The molecule has 0 aromatic heterocycles. The van der Waals surface area contributed by atoms with Crippen molar-refractivity contribution in [1.29, 1.82) is 0 Å². The van der Waals surface area contributed by atoms with Crippen LogP contribution in [0.3, 0.4) is 0 Å². The smallest absolute Gasteiger partial charge is 0.410 e. The molecule has 0 saturated carbocycles. The van der Waals surface area contributed by atoms with Gasteiger partial charge in [-0.1, -0.05) is 203 Å². The number of benzene rings is 7. The van der Waals surface area contributed by atoms with Crippen LogP contribution in [0.2, 0.25) is 18.1 Å². The largest absolute Gasteiger partial charge is 0.459 e. The maximum absolute atomic E-state index is 14.7. The van der Waals surface area contributed by atoms with E-state index in [9.17, 15) is 34.3 Å². The molecule has 0 unspecified atom stereocenters. The van der Waals surface area contributed by atoms with Crippen molar-refractivity contribution in [3.8, 4) is 0 Å². The van der Waals surface area contributed by atoms with Crippen LogP contribution in [0.15, 0.2) is 211 Å². The standard InChI is InChI=1S/C81H94N4O18Si/c1-56(2)81(4,5)104(6,7)98-55-67-71(103-78-69(83-84-82)72(93-50-59-31-17-9-18-32-59)70(101-68(87)46-41-57(3)86)66(99-78)54-96-76(89)64-37-23-12-24-38-64)73(94-51-60-33-19-10-20-34-60)74(102-77(90)65-39-25-13-26-40-65)79(100-67)92-48-28-14-27-47-85(49-58-29-15-8-16-30-58)80(91)97-53-62-44-42-61(43-45-62)52-95-75(88)63-35-21-11-22-36-63/h8-13,15-26,29-40,42-45,56,66-67,69-74,78-79H,14,27-28,41,46-55H2,1-7H3/t66-,67+,69-,70-,71-,72-,73+,74-,78-,79-/m1/s1. The lowest BCUT2D eigenvalue weighted by atomic mass is 9.95. The molecule has 2 heterocycles. The van der Waals surface area contributed by atoms with Crippen LogP contribution >= 0.6 is 0 Å². The predicted octanol–water partition coefficient (Wildman–Crippen LogP) is 15.1. The number of carbonyl (C=O) groups is 6. The number of carbonyl (C=O) groups excluding carboxylic acids is 6. The Bertz CT molecular complexity index is 3880. The molecule has 7 aromatic carbocycles. The minimum absolute atomic E-state index is 0.00280. The normalized spacial score (nSPS) is 20.3. The summed E-state index contributed by atoms with van der Waals surface area (Å²) in [5, 5.41) is 3.97. The fourth-order valence-electron chi connectivity index (χ4n) is 11.8. The molecule has 10 atom stereocenters. The number of amides is 1. The first-order chi connectivity index (χ1) is 50.3. The van der Waals surface area contributed by atoms with E-state index in [1.807, 2.05) is 121 Å². The molecule has 0 N–H and O–H groups in total. The molecule has 0 aliphatic carbocycles. The van der Waals surface area contributed by atoms with Crippen LogP contribution in [-0.2, 0) is 99.1 Å². The van der Waals surface area contributed by atoms with Gasteiger partial charge in [-0.05, 0) is 120 Å². The van der Waals surface area contributed by atoms with Crippen molar-refractivity contribution in [2.75, 3.05) is 26.4 Å². The third-order valence-electron chi connectivity index (χ3n) is 19.0. The summed E-state index contributed by atoms with van der Waals surface area (Å²) in [6, 6.07) is 59.3. The lowest BCUT2D eigenvalue weighted by Crippen LogP contribution is -2.66. The van der Waals surface area contributed by atoms with Crippen molar-refractivity contribution in [2.45, 2.75) is 179 Å². The molecule has 550 valence electrons. The van der Waals surface area contributed by atoms with Crippen LogP contribution in [0.4, 0.5) is 4.79 Å². The number of nitrogens with zero attached hydrogens (tertiary/aromatic N) is 4. The molecule has 0 radical (unpaired) electrons. The first kappa shape index (κ1) is 78.7. The van der Waals surface area contributed by atoms with Crippen LogP contribution in [-0.4, -0.2) is 137 Å². The highest BCUT2D eigenvalue weighted by Gasteiger charge is 2.56. The number of esters is 4. The number of hydrogen-bond acceptors (Lipinski definition) is 19. The molecule has 2 aliphatic heterocycles. The molecule has 23 heteroatoms. The van der Waals surface area contributed by atoms with E-state index in [4.69, 9.17) is 56.5 Å². The average molecular weight is 1440 g/mol. The van der Waals surface area contributed by atoms with E-state index in [1.54, 1.807) is 89.8 Å². The van der Waals surface area contributed by atoms with Gasteiger partial charge in [0.1, 0.15) is 62.2 Å². The Morgan fingerprint density at radius 3 is 1.53 bits per heavy atom. The first-order valence-corrected chi connectivity index (χ1v) is 38.2.